The minimum absolute atomic E-state index is 0.0659. The highest BCUT2D eigenvalue weighted by atomic mass is 32.1. The van der Waals surface area contributed by atoms with E-state index in [0.29, 0.717) is 33.3 Å². The van der Waals surface area contributed by atoms with Crippen molar-refractivity contribution in [1.29, 1.82) is 0 Å². The van der Waals surface area contributed by atoms with Crippen molar-refractivity contribution in [2.75, 3.05) is 18.6 Å². The number of benzene rings is 1. The van der Waals surface area contributed by atoms with E-state index >= 15 is 0 Å². The second-order valence-electron chi connectivity index (χ2n) is 8.99. The van der Waals surface area contributed by atoms with E-state index < -0.39 is 23.4 Å². The molecule has 188 valence electrons. The van der Waals surface area contributed by atoms with Crippen molar-refractivity contribution < 1.29 is 23.8 Å². The van der Waals surface area contributed by atoms with Crippen molar-refractivity contribution in [3.05, 3.63) is 65.2 Å². The fraction of sp³-hybridized carbons (Fsp3) is 0.231. The molecule has 4 heterocycles. The average molecular weight is 520 g/mol. The number of pyridine rings is 1. The van der Waals surface area contributed by atoms with Crippen molar-refractivity contribution in [3.63, 3.8) is 0 Å². The Hall–Kier alpha value is -4.27. The lowest BCUT2D eigenvalue weighted by molar-refractivity contribution is -0.120. The third-order valence-corrected chi connectivity index (χ3v) is 6.44. The summed E-state index contributed by atoms with van der Waals surface area (Å²) in [5.41, 5.74) is 1.28. The van der Waals surface area contributed by atoms with Gasteiger partial charge < -0.3 is 20.1 Å². The molecule has 1 unspecified atom stereocenters. The van der Waals surface area contributed by atoms with Crippen LogP contribution in [-0.4, -0.2) is 56.6 Å². The molecular weight excluding hydrogens is 497 g/mol. The van der Waals surface area contributed by atoms with Gasteiger partial charge in [0, 0.05) is 24.2 Å². The number of nitrogens with one attached hydrogen (secondary N) is 1. The van der Waals surface area contributed by atoms with Gasteiger partial charge in [-0.15, -0.1) is 11.3 Å². The van der Waals surface area contributed by atoms with Gasteiger partial charge in [0.05, 0.1) is 23.3 Å². The van der Waals surface area contributed by atoms with Crippen LogP contribution in [0.15, 0.2) is 48.1 Å². The number of hydrogen-bond donors (Lipinski definition) is 2. The topological polar surface area (TPSA) is 109 Å². The lowest BCUT2D eigenvalue weighted by Gasteiger charge is -2.20. The van der Waals surface area contributed by atoms with Crippen LogP contribution in [0.5, 0.6) is 5.75 Å². The number of carbonyl (C=O) groups excluding carboxylic acids is 2. The van der Waals surface area contributed by atoms with Crippen LogP contribution in [0.2, 0.25) is 0 Å². The predicted octanol–water partition coefficient (Wildman–Crippen LogP) is 2.87. The summed E-state index contributed by atoms with van der Waals surface area (Å²) >= 11 is 1.31. The molecule has 1 atom stereocenters. The minimum atomic E-state index is -1.15. The number of amides is 2. The van der Waals surface area contributed by atoms with Gasteiger partial charge in [-0.1, -0.05) is 11.8 Å². The molecule has 9 nitrogen and oxygen atoms in total. The standard InChI is InChI=1S/C26H22FN5O4S/c1-26(2,35)9-8-15-4-7-22-20(10-15)31(3)24(34)19(13-36-22)29-23(33)18-12-32-21(14-37-25(32)30-18)17-6-5-16(27)11-28-17/h4-7,10-12,14,19,35H,13H2,1-3H3,(H,29,33). The molecule has 0 spiro atoms. The van der Waals surface area contributed by atoms with Crippen LogP contribution in [0, 0.1) is 17.7 Å². The molecule has 0 bridgehead atoms. The zero-order valence-corrected chi connectivity index (χ0v) is 21.0. The number of hydrogen-bond acceptors (Lipinski definition) is 7. The maximum atomic E-state index is 13.3. The van der Waals surface area contributed by atoms with Gasteiger partial charge in [0.1, 0.15) is 35.5 Å². The molecule has 0 radical (unpaired) electrons. The number of aliphatic hydroxyl groups is 1. The first kappa shape index (κ1) is 24.4. The number of imidazole rings is 1. The minimum Gasteiger partial charge on any atom is -0.489 e. The van der Waals surface area contributed by atoms with E-state index in [2.05, 4.69) is 27.1 Å². The number of fused-ring (bicyclic) bond motifs is 2. The summed E-state index contributed by atoms with van der Waals surface area (Å²) < 4.78 is 20.8. The number of halogens is 1. The van der Waals surface area contributed by atoms with Crippen molar-refractivity contribution in [2.45, 2.75) is 25.5 Å². The maximum Gasteiger partial charge on any atom is 0.272 e. The molecule has 11 heteroatoms. The van der Waals surface area contributed by atoms with Gasteiger partial charge in [0.15, 0.2) is 4.96 Å². The van der Waals surface area contributed by atoms with Crippen LogP contribution >= 0.6 is 11.3 Å². The molecule has 37 heavy (non-hydrogen) atoms. The Balaban J connectivity index is 1.35. The molecule has 2 amide bonds. The molecule has 5 rings (SSSR count). The summed E-state index contributed by atoms with van der Waals surface area (Å²) in [6, 6.07) is 7.05. The molecule has 0 saturated heterocycles. The quantitative estimate of drug-likeness (QED) is 0.403. The largest absolute Gasteiger partial charge is 0.489 e. The number of thiazole rings is 1. The van der Waals surface area contributed by atoms with E-state index in [1.165, 1.54) is 22.3 Å². The molecule has 0 aliphatic carbocycles. The number of carbonyl (C=O) groups is 2. The SMILES string of the molecule is CN1C(=O)C(NC(=O)c2cn3c(-c4ccc(F)cn4)csc3n2)COc2ccc(C#CC(C)(C)O)cc21. The lowest BCUT2D eigenvalue weighted by Crippen LogP contribution is -2.49. The number of rotatable bonds is 3. The van der Waals surface area contributed by atoms with Gasteiger partial charge in [-0.05, 0) is 44.2 Å². The third-order valence-electron chi connectivity index (χ3n) is 5.60. The Kier molecular flexibility index (Phi) is 6.15. The second kappa shape index (κ2) is 9.31. The van der Waals surface area contributed by atoms with Gasteiger partial charge in [-0.25, -0.2) is 9.37 Å². The van der Waals surface area contributed by atoms with Crippen LogP contribution < -0.4 is 15.0 Å². The monoisotopic (exact) mass is 519 g/mol. The molecule has 2 N–H and O–H groups in total. The lowest BCUT2D eigenvalue weighted by atomic mass is 10.1. The molecule has 4 aromatic rings. The molecule has 1 aliphatic heterocycles. The van der Waals surface area contributed by atoms with Gasteiger partial charge in [0.2, 0.25) is 0 Å². The normalized spacial score (nSPS) is 15.4. The van der Waals surface area contributed by atoms with Crippen LogP contribution in [0.25, 0.3) is 16.3 Å². The number of likely N-dealkylation sites (N-methyl/N-ethyl adjacent to an activating group) is 1. The van der Waals surface area contributed by atoms with Crippen molar-refractivity contribution in [2.24, 2.45) is 0 Å². The predicted molar refractivity (Wildman–Crippen MR) is 136 cm³/mol. The summed E-state index contributed by atoms with van der Waals surface area (Å²) in [7, 11) is 1.59. The average Bonchev–Trinajstić information content (AvgIpc) is 3.43. The number of anilines is 1. The van der Waals surface area contributed by atoms with E-state index in [1.54, 1.807) is 55.8 Å². The number of nitrogens with zero attached hydrogens (tertiary/aromatic N) is 4. The molecule has 0 saturated carbocycles. The van der Waals surface area contributed by atoms with E-state index in [4.69, 9.17) is 4.74 Å². The zero-order valence-electron chi connectivity index (χ0n) is 20.2. The summed E-state index contributed by atoms with van der Waals surface area (Å²) in [5.74, 6) is 4.76. The first-order chi connectivity index (χ1) is 17.6. The fourth-order valence-corrected chi connectivity index (χ4v) is 4.61. The Morgan fingerprint density at radius 2 is 2.14 bits per heavy atom. The Bertz CT molecular complexity index is 1580. The van der Waals surface area contributed by atoms with E-state index in [-0.39, 0.29) is 18.2 Å². The van der Waals surface area contributed by atoms with Gasteiger partial charge >= 0.3 is 0 Å². The molecule has 3 aromatic heterocycles. The Morgan fingerprint density at radius 3 is 2.86 bits per heavy atom. The first-order valence-corrected chi connectivity index (χ1v) is 12.2. The second-order valence-corrected chi connectivity index (χ2v) is 9.82. The van der Waals surface area contributed by atoms with E-state index in [9.17, 15) is 19.1 Å². The molecule has 1 aromatic carbocycles. The Morgan fingerprint density at radius 1 is 1.32 bits per heavy atom. The highest BCUT2D eigenvalue weighted by Crippen LogP contribution is 2.32. The summed E-state index contributed by atoms with van der Waals surface area (Å²) in [4.78, 5) is 36.6. The van der Waals surface area contributed by atoms with Crippen molar-refractivity contribution in [3.8, 4) is 29.0 Å². The maximum absolute atomic E-state index is 13.3. The summed E-state index contributed by atoms with van der Waals surface area (Å²) in [5, 5.41) is 14.4. The fourth-order valence-electron chi connectivity index (χ4n) is 3.74. The molecule has 1 aliphatic rings. The van der Waals surface area contributed by atoms with Gasteiger partial charge in [0.25, 0.3) is 11.8 Å². The van der Waals surface area contributed by atoms with Crippen LogP contribution in [-0.2, 0) is 4.79 Å². The summed E-state index contributed by atoms with van der Waals surface area (Å²) in [6.07, 6.45) is 2.67. The molecule has 0 fully saturated rings. The highest BCUT2D eigenvalue weighted by molar-refractivity contribution is 7.15. The zero-order chi connectivity index (χ0) is 26.3. The van der Waals surface area contributed by atoms with Crippen LogP contribution in [0.3, 0.4) is 0 Å². The number of ether oxygens (including phenoxy) is 1. The third kappa shape index (κ3) is 5.02. The summed E-state index contributed by atoms with van der Waals surface area (Å²) in [6.45, 7) is 3.10. The first-order valence-electron chi connectivity index (χ1n) is 11.3. The molecular formula is C26H22FN5O4S. The van der Waals surface area contributed by atoms with Crippen LogP contribution in [0.1, 0.15) is 29.9 Å². The van der Waals surface area contributed by atoms with Crippen molar-refractivity contribution >= 4 is 33.8 Å². The Labute approximate surface area is 215 Å². The van der Waals surface area contributed by atoms with Crippen molar-refractivity contribution in [1.82, 2.24) is 19.7 Å². The van der Waals surface area contributed by atoms with E-state index in [0.717, 1.165) is 6.20 Å². The van der Waals surface area contributed by atoms with Gasteiger partial charge in [-0.2, -0.15) is 0 Å². The number of aromatic nitrogens is 3. The van der Waals surface area contributed by atoms with Crippen LogP contribution in [0.4, 0.5) is 10.1 Å². The van der Waals surface area contributed by atoms with E-state index in [1.807, 2.05) is 5.38 Å². The highest BCUT2D eigenvalue weighted by Gasteiger charge is 2.31. The van der Waals surface area contributed by atoms with Gasteiger partial charge in [-0.3, -0.25) is 19.0 Å². The smallest absolute Gasteiger partial charge is 0.272 e.